The first-order chi connectivity index (χ1) is 9.49. The molecular weight excluding hydrogens is 252 g/mol. The summed E-state index contributed by atoms with van der Waals surface area (Å²) >= 11 is 0. The maximum absolute atomic E-state index is 11.8. The Kier molecular flexibility index (Phi) is 6.50. The standard InChI is InChI=1S/C16H22N2O2/c1-12(2)8-10-14(16(17)20)18-15(19)11-9-13-6-4-3-5-7-13/h3-8,14H,9-11H2,1-2H3,(H2,17,20)(H,18,19)/t14-/m1/s1. The van der Waals surface area contributed by atoms with Gasteiger partial charge in [0.05, 0.1) is 0 Å². The average molecular weight is 274 g/mol. The Hall–Kier alpha value is -2.10. The molecule has 0 aliphatic rings. The zero-order valence-electron chi connectivity index (χ0n) is 12.1. The van der Waals surface area contributed by atoms with Gasteiger partial charge in [-0.2, -0.15) is 0 Å². The van der Waals surface area contributed by atoms with Crippen molar-refractivity contribution in [2.24, 2.45) is 5.73 Å². The van der Waals surface area contributed by atoms with Gasteiger partial charge < -0.3 is 11.1 Å². The van der Waals surface area contributed by atoms with E-state index in [1.807, 2.05) is 50.3 Å². The van der Waals surface area contributed by atoms with Crippen LogP contribution in [0.3, 0.4) is 0 Å². The largest absolute Gasteiger partial charge is 0.368 e. The van der Waals surface area contributed by atoms with E-state index in [1.165, 1.54) is 0 Å². The zero-order chi connectivity index (χ0) is 15.0. The van der Waals surface area contributed by atoms with Crippen LogP contribution in [-0.4, -0.2) is 17.9 Å². The molecule has 0 spiro atoms. The highest BCUT2D eigenvalue weighted by Gasteiger charge is 2.16. The van der Waals surface area contributed by atoms with E-state index in [4.69, 9.17) is 5.73 Å². The summed E-state index contributed by atoms with van der Waals surface area (Å²) in [5.41, 5.74) is 7.49. The van der Waals surface area contributed by atoms with Gasteiger partial charge in [-0.15, -0.1) is 0 Å². The molecule has 1 rings (SSSR count). The highest BCUT2D eigenvalue weighted by atomic mass is 16.2. The van der Waals surface area contributed by atoms with Gasteiger partial charge in [-0.1, -0.05) is 42.0 Å². The molecule has 0 saturated carbocycles. The minimum absolute atomic E-state index is 0.153. The normalized spacial score (nSPS) is 11.5. The number of carbonyl (C=O) groups is 2. The first-order valence-corrected chi connectivity index (χ1v) is 6.75. The lowest BCUT2D eigenvalue weighted by Crippen LogP contribution is -2.44. The zero-order valence-corrected chi connectivity index (χ0v) is 12.1. The third-order valence-corrected chi connectivity index (χ3v) is 2.92. The van der Waals surface area contributed by atoms with Gasteiger partial charge >= 0.3 is 0 Å². The Labute approximate surface area is 120 Å². The number of benzene rings is 1. The fourth-order valence-corrected chi connectivity index (χ4v) is 1.77. The Balaban J connectivity index is 2.46. The molecular formula is C16H22N2O2. The van der Waals surface area contributed by atoms with E-state index in [-0.39, 0.29) is 5.91 Å². The Bertz CT molecular complexity index is 477. The van der Waals surface area contributed by atoms with E-state index in [2.05, 4.69) is 5.32 Å². The van der Waals surface area contributed by atoms with Crippen molar-refractivity contribution < 1.29 is 9.59 Å². The van der Waals surface area contributed by atoms with Crippen molar-refractivity contribution in [2.45, 2.75) is 39.2 Å². The number of carbonyl (C=O) groups excluding carboxylic acids is 2. The minimum atomic E-state index is -0.631. The number of amides is 2. The van der Waals surface area contributed by atoms with Crippen molar-refractivity contribution in [2.75, 3.05) is 0 Å². The molecule has 20 heavy (non-hydrogen) atoms. The minimum Gasteiger partial charge on any atom is -0.368 e. The van der Waals surface area contributed by atoms with Gasteiger partial charge in [0.1, 0.15) is 6.04 Å². The van der Waals surface area contributed by atoms with Crippen molar-refractivity contribution in [1.29, 1.82) is 0 Å². The summed E-state index contributed by atoms with van der Waals surface area (Å²) < 4.78 is 0. The third kappa shape index (κ3) is 6.18. The Morgan fingerprint density at radius 1 is 1.25 bits per heavy atom. The second-order valence-corrected chi connectivity index (χ2v) is 5.03. The molecule has 0 saturated heterocycles. The number of hydrogen-bond acceptors (Lipinski definition) is 2. The number of rotatable bonds is 7. The quantitative estimate of drug-likeness (QED) is 0.746. The smallest absolute Gasteiger partial charge is 0.240 e. The van der Waals surface area contributed by atoms with Crippen molar-refractivity contribution >= 4 is 11.8 Å². The third-order valence-electron chi connectivity index (χ3n) is 2.92. The SMILES string of the molecule is CC(C)=CC[C@@H](NC(=O)CCc1ccccc1)C(N)=O. The van der Waals surface area contributed by atoms with Crippen molar-refractivity contribution in [3.8, 4) is 0 Å². The summed E-state index contributed by atoms with van der Waals surface area (Å²) in [5.74, 6) is -0.657. The van der Waals surface area contributed by atoms with Gasteiger partial charge in [0.25, 0.3) is 0 Å². The van der Waals surface area contributed by atoms with Crippen molar-refractivity contribution in [3.05, 3.63) is 47.5 Å². The molecule has 108 valence electrons. The Morgan fingerprint density at radius 2 is 1.90 bits per heavy atom. The van der Waals surface area contributed by atoms with Crippen LogP contribution < -0.4 is 11.1 Å². The molecule has 0 heterocycles. The fourth-order valence-electron chi connectivity index (χ4n) is 1.77. The van der Waals surface area contributed by atoms with Crippen LogP contribution in [0.5, 0.6) is 0 Å². The molecule has 4 heteroatoms. The van der Waals surface area contributed by atoms with E-state index in [9.17, 15) is 9.59 Å². The van der Waals surface area contributed by atoms with Crippen LogP contribution in [0.15, 0.2) is 42.0 Å². The number of primary amides is 1. The van der Waals surface area contributed by atoms with E-state index in [0.717, 1.165) is 11.1 Å². The predicted octanol–water partition coefficient (Wildman–Crippen LogP) is 1.95. The molecule has 0 aliphatic heterocycles. The van der Waals surface area contributed by atoms with Crippen LogP contribution in [0.1, 0.15) is 32.3 Å². The lowest BCUT2D eigenvalue weighted by atomic mass is 10.1. The lowest BCUT2D eigenvalue weighted by Gasteiger charge is -2.14. The fraction of sp³-hybridized carbons (Fsp3) is 0.375. The number of nitrogens with two attached hydrogens (primary N) is 1. The van der Waals surface area contributed by atoms with Crippen LogP contribution in [0.25, 0.3) is 0 Å². The van der Waals surface area contributed by atoms with Crippen molar-refractivity contribution in [1.82, 2.24) is 5.32 Å². The maximum Gasteiger partial charge on any atom is 0.240 e. The molecule has 0 bridgehead atoms. The predicted molar refractivity (Wildman–Crippen MR) is 79.9 cm³/mol. The molecule has 3 N–H and O–H groups in total. The average Bonchev–Trinajstić information content (AvgIpc) is 2.41. The maximum atomic E-state index is 11.8. The van der Waals surface area contributed by atoms with E-state index < -0.39 is 11.9 Å². The molecule has 0 unspecified atom stereocenters. The highest BCUT2D eigenvalue weighted by Crippen LogP contribution is 2.03. The summed E-state index contributed by atoms with van der Waals surface area (Å²) in [6, 6.07) is 9.13. The monoisotopic (exact) mass is 274 g/mol. The number of aryl methyl sites for hydroxylation is 1. The van der Waals surface area contributed by atoms with Gasteiger partial charge in [0, 0.05) is 6.42 Å². The summed E-state index contributed by atoms with van der Waals surface area (Å²) in [4.78, 5) is 23.1. The summed E-state index contributed by atoms with van der Waals surface area (Å²) in [5, 5.41) is 2.68. The van der Waals surface area contributed by atoms with Gasteiger partial charge in [0.15, 0.2) is 0 Å². The highest BCUT2D eigenvalue weighted by molar-refractivity contribution is 5.86. The second kappa shape index (κ2) is 8.15. The van der Waals surface area contributed by atoms with Crippen LogP contribution in [0.2, 0.25) is 0 Å². The summed E-state index contributed by atoms with van der Waals surface area (Å²) in [7, 11) is 0. The van der Waals surface area contributed by atoms with E-state index in [0.29, 0.717) is 19.3 Å². The van der Waals surface area contributed by atoms with E-state index >= 15 is 0 Å². The van der Waals surface area contributed by atoms with Crippen LogP contribution in [0, 0.1) is 0 Å². The molecule has 2 amide bonds. The molecule has 1 aromatic rings. The topological polar surface area (TPSA) is 72.2 Å². The lowest BCUT2D eigenvalue weighted by molar-refractivity contribution is -0.127. The van der Waals surface area contributed by atoms with Crippen LogP contribution in [-0.2, 0) is 16.0 Å². The van der Waals surface area contributed by atoms with Crippen LogP contribution >= 0.6 is 0 Å². The molecule has 4 nitrogen and oxygen atoms in total. The number of hydrogen-bond donors (Lipinski definition) is 2. The van der Waals surface area contributed by atoms with E-state index in [1.54, 1.807) is 0 Å². The first kappa shape index (κ1) is 16.0. The molecule has 0 aliphatic carbocycles. The molecule has 0 aromatic heterocycles. The van der Waals surface area contributed by atoms with Crippen molar-refractivity contribution in [3.63, 3.8) is 0 Å². The second-order valence-electron chi connectivity index (χ2n) is 5.03. The summed E-state index contributed by atoms with van der Waals surface area (Å²) in [6.07, 6.45) is 3.34. The number of nitrogens with one attached hydrogen (secondary N) is 1. The van der Waals surface area contributed by atoms with Gasteiger partial charge in [0.2, 0.25) is 11.8 Å². The molecule has 1 atom stereocenters. The van der Waals surface area contributed by atoms with Crippen LogP contribution in [0.4, 0.5) is 0 Å². The summed E-state index contributed by atoms with van der Waals surface area (Å²) in [6.45, 7) is 3.88. The molecule has 0 fully saturated rings. The first-order valence-electron chi connectivity index (χ1n) is 6.75. The van der Waals surface area contributed by atoms with Gasteiger partial charge in [-0.3, -0.25) is 9.59 Å². The Morgan fingerprint density at radius 3 is 2.45 bits per heavy atom. The van der Waals surface area contributed by atoms with Gasteiger partial charge in [-0.25, -0.2) is 0 Å². The molecule has 0 radical (unpaired) electrons. The van der Waals surface area contributed by atoms with Gasteiger partial charge in [-0.05, 0) is 32.3 Å². The molecule has 1 aromatic carbocycles. The number of allylic oxidation sites excluding steroid dienone is 1.